The lowest BCUT2D eigenvalue weighted by molar-refractivity contribution is 0.111. The largest absolute Gasteiger partial charge is 0.321 e. The lowest BCUT2D eigenvalue weighted by atomic mass is 9.71. The molecule has 0 atom stereocenters. The maximum atomic E-state index is 13.4. The van der Waals surface area contributed by atoms with Crippen LogP contribution in [0.4, 0.5) is 4.39 Å². The molecular formula is C12H14FNO. The van der Waals surface area contributed by atoms with E-state index in [0.29, 0.717) is 16.7 Å². The number of carbonyl (C=O) groups is 1. The van der Waals surface area contributed by atoms with Gasteiger partial charge in [-0.3, -0.25) is 4.79 Å². The summed E-state index contributed by atoms with van der Waals surface area (Å²) >= 11 is 0. The maximum Gasteiger partial charge on any atom is 0.150 e. The van der Waals surface area contributed by atoms with Gasteiger partial charge in [-0.1, -0.05) is 0 Å². The van der Waals surface area contributed by atoms with Crippen LogP contribution in [0, 0.1) is 12.7 Å². The van der Waals surface area contributed by atoms with Crippen molar-refractivity contribution in [1.82, 2.24) is 0 Å². The summed E-state index contributed by atoms with van der Waals surface area (Å²) in [5, 5.41) is 0. The van der Waals surface area contributed by atoms with Gasteiger partial charge in [-0.05, 0) is 49.4 Å². The van der Waals surface area contributed by atoms with E-state index in [-0.39, 0.29) is 5.82 Å². The second-order valence-electron chi connectivity index (χ2n) is 4.32. The molecule has 1 fully saturated rings. The Morgan fingerprint density at radius 2 is 2.13 bits per heavy atom. The summed E-state index contributed by atoms with van der Waals surface area (Å²) in [7, 11) is 0. The van der Waals surface area contributed by atoms with Gasteiger partial charge >= 0.3 is 0 Å². The number of carbonyl (C=O) groups excluding carboxylic acids is 1. The number of halogens is 1. The quantitative estimate of drug-likeness (QED) is 0.756. The molecule has 1 aliphatic rings. The average molecular weight is 207 g/mol. The zero-order chi connectivity index (χ0) is 11.1. The molecule has 0 aliphatic heterocycles. The molecule has 2 rings (SSSR count). The van der Waals surface area contributed by atoms with E-state index < -0.39 is 5.54 Å². The van der Waals surface area contributed by atoms with Gasteiger partial charge in [0.2, 0.25) is 0 Å². The van der Waals surface area contributed by atoms with Crippen LogP contribution in [-0.2, 0) is 5.54 Å². The Morgan fingerprint density at radius 1 is 1.47 bits per heavy atom. The molecule has 2 N–H and O–H groups in total. The first kappa shape index (κ1) is 10.3. The van der Waals surface area contributed by atoms with Crippen LogP contribution in [-0.4, -0.2) is 6.29 Å². The lowest BCUT2D eigenvalue weighted by Crippen LogP contribution is -2.44. The van der Waals surface area contributed by atoms with Gasteiger partial charge in [0.05, 0.1) is 0 Å². The number of aldehydes is 1. The van der Waals surface area contributed by atoms with Crippen LogP contribution in [0.15, 0.2) is 12.1 Å². The number of hydrogen-bond donors (Lipinski definition) is 1. The molecule has 15 heavy (non-hydrogen) atoms. The third kappa shape index (κ3) is 1.57. The van der Waals surface area contributed by atoms with E-state index in [1.165, 1.54) is 6.07 Å². The molecule has 2 nitrogen and oxygen atoms in total. The average Bonchev–Trinajstić information content (AvgIpc) is 2.18. The molecule has 0 saturated heterocycles. The van der Waals surface area contributed by atoms with Gasteiger partial charge in [0.15, 0.2) is 0 Å². The van der Waals surface area contributed by atoms with E-state index in [0.717, 1.165) is 25.5 Å². The van der Waals surface area contributed by atoms with E-state index in [2.05, 4.69) is 0 Å². The molecular weight excluding hydrogens is 193 g/mol. The molecule has 1 aromatic rings. The fourth-order valence-corrected chi connectivity index (χ4v) is 2.06. The van der Waals surface area contributed by atoms with E-state index in [9.17, 15) is 9.18 Å². The predicted octanol–water partition coefficient (Wildman–Crippen LogP) is 2.28. The summed E-state index contributed by atoms with van der Waals surface area (Å²) in [4.78, 5) is 10.9. The molecule has 3 heteroatoms. The highest BCUT2D eigenvalue weighted by molar-refractivity contribution is 5.78. The van der Waals surface area contributed by atoms with Crippen molar-refractivity contribution < 1.29 is 9.18 Å². The molecule has 0 amide bonds. The minimum atomic E-state index is -0.481. The molecule has 80 valence electrons. The highest BCUT2D eigenvalue weighted by Crippen LogP contribution is 2.40. The van der Waals surface area contributed by atoms with Crippen molar-refractivity contribution in [3.63, 3.8) is 0 Å². The summed E-state index contributed by atoms with van der Waals surface area (Å²) in [6, 6.07) is 2.99. The Balaban J connectivity index is 2.54. The normalized spacial score (nSPS) is 18.3. The predicted molar refractivity (Wildman–Crippen MR) is 56.2 cm³/mol. The molecule has 1 aliphatic carbocycles. The molecule has 0 radical (unpaired) electrons. The van der Waals surface area contributed by atoms with Crippen molar-refractivity contribution in [2.75, 3.05) is 0 Å². The van der Waals surface area contributed by atoms with Crippen LogP contribution in [0.1, 0.15) is 40.7 Å². The van der Waals surface area contributed by atoms with Gasteiger partial charge < -0.3 is 5.73 Å². The summed E-state index contributed by atoms with van der Waals surface area (Å²) in [5.74, 6) is -0.285. The van der Waals surface area contributed by atoms with Crippen LogP contribution >= 0.6 is 0 Å². The Hall–Kier alpha value is -1.22. The van der Waals surface area contributed by atoms with Crippen LogP contribution in [0.2, 0.25) is 0 Å². The van der Waals surface area contributed by atoms with Crippen LogP contribution in [0.25, 0.3) is 0 Å². The van der Waals surface area contributed by atoms with E-state index >= 15 is 0 Å². The van der Waals surface area contributed by atoms with E-state index in [4.69, 9.17) is 5.73 Å². The monoisotopic (exact) mass is 207 g/mol. The van der Waals surface area contributed by atoms with E-state index in [1.807, 2.05) is 0 Å². The van der Waals surface area contributed by atoms with Gasteiger partial charge in [0.25, 0.3) is 0 Å². The highest BCUT2D eigenvalue weighted by atomic mass is 19.1. The summed E-state index contributed by atoms with van der Waals surface area (Å²) in [6.07, 6.45) is 3.46. The zero-order valence-electron chi connectivity index (χ0n) is 8.72. The Labute approximate surface area is 88.3 Å². The first-order valence-corrected chi connectivity index (χ1v) is 5.11. The van der Waals surface area contributed by atoms with Gasteiger partial charge in [0.1, 0.15) is 12.1 Å². The standard InChI is InChI=1S/C12H14FNO/c1-8-5-9(7-15)10(6-11(8)13)12(14)3-2-4-12/h5-7H,2-4,14H2,1H3. The minimum Gasteiger partial charge on any atom is -0.321 e. The summed E-state index contributed by atoms with van der Waals surface area (Å²) < 4.78 is 13.4. The van der Waals surface area contributed by atoms with Crippen molar-refractivity contribution in [2.24, 2.45) is 5.73 Å². The minimum absolute atomic E-state index is 0.285. The Morgan fingerprint density at radius 3 is 2.60 bits per heavy atom. The Kier molecular flexibility index (Phi) is 2.35. The van der Waals surface area contributed by atoms with Gasteiger partial charge in [-0.2, -0.15) is 0 Å². The first-order chi connectivity index (χ1) is 7.07. The SMILES string of the molecule is Cc1cc(C=O)c(C2(N)CCC2)cc1F. The van der Waals surface area contributed by atoms with Crippen LogP contribution in [0.5, 0.6) is 0 Å². The third-order valence-electron chi connectivity index (χ3n) is 3.24. The number of rotatable bonds is 2. The highest BCUT2D eigenvalue weighted by Gasteiger charge is 2.36. The molecule has 0 bridgehead atoms. The second-order valence-corrected chi connectivity index (χ2v) is 4.32. The fraction of sp³-hybridized carbons (Fsp3) is 0.417. The smallest absolute Gasteiger partial charge is 0.150 e. The van der Waals surface area contributed by atoms with Gasteiger partial charge in [-0.15, -0.1) is 0 Å². The number of benzene rings is 1. The topological polar surface area (TPSA) is 43.1 Å². The van der Waals surface area contributed by atoms with Gasteiger partial charge in [0, 0.05) is 11.1 Å². The van der Waals surface area contributed by atoms with Crippen LogP contribution in [0.3, 0.4) is 0 Å². The fourth-order valence-electron chi connectivity index (χ4n) is 2.06. The second kappa shape index (κ2) is 3.42. The summed E-state index contributed by atoms with van der Waals surface area (Å²) in [6.45, 7) is 1.65. The first-order valence-electron chi connectivity index (χ1n) is 5.11. The molecule has 1 saturated carbocycles. The van der Waals surface area contributed by atoms with Crippen molar-refractivity contribution >= 4 is 6.29 Å². The van der Waals surface area contributed by atoms with Crippen molar-refractivity contribution in [3.8, 4) is 0 Å². The van der Waals surface area contributed by atoms with Crippen molar-refractivity contribution in [1.29, 1.82) is 0 Å². The Bertz CT molecular complexity index is 410. The van der Waals surface area contributed by atoms with Gasteiger partial charge in [-0.25, -0.2) is 4.39 Å². The number of hydrogen-bond acceptors (Lipinski definition) is 2. The lowest BCUT2D eigenvalue weighted by Gasteiger charge is -2.39. The number of aryl methyl sites for hydroxylation is 1. The van der Waals surface area contributed by atoms with Crippen LogP contribution < -0.4 is 5.73 Å². The molecule has 0 heterocycles. The molecule has 1 aromatic carbocycles. The van der Waals surface area contributed by atoms with Crippen molar-refractivity contribution in [3.05, 3.63) is 34.6 Å². The summed E-state index contributed by atoms with van der Waals surface area (Å²) in [5.41, 5.74) is 7.29. The zero-order valence-corrected chi connectivity index (χ0v) is 8.72. The molecule has 0 unspecified atom stereocenters. The molecule has 0 aromatic heterocycles. The maximum absolute atomic E-state index is 13.4. The molecule has 0 spiro atoms. The third-order valence-corrected chi connectivity index (χ3v) is 3.24. The number of nitrogens with two attached hydrogens (primary N) is 1. The van der Waals surface area contributed by atoms with Crippen molar-refractivity contribution in [2.45, 2.75) is 31.7 Å². The van der Waals surface area contributed by atoms with E-state index in [1.54, 1.807) is 13.0 Å².